The SMILES string of the molecule is [CH2]C(CC=C)OCCOc1ccccc1. The summed E-state index contributed by atoms with van der Waals surface area (Å²) in [6, 6.07) is 9.69. The van der Waals surface area contributed by atoms with Crippen molar-refractivity contribution in [2.24, 2.45) is 0 Å². The first-order valence-corrected chi connectivity index (χ1v) is 5.06. The van der Waals surface area contributed by atoms with E-state index in [1.165, 1.54) is 0 Å². The first-order chi connectivity index (χ1) is 7.33. The Kier molecular flexibility index (Phi) is 5.56. The Bertz CT molecular complexity index is 269. The van der Waals surface area contributed by atoms with Crippen molar-refractivity contribution >= 4 is 0 Å². The Hall–Kier alpha value is -1.28. The summed E-state index contributed by atoms with van der Waals surface area (Å²) >= 11 is 0. The Labute approximate surface area is 91.5 Å². The first-order valence-electron chi connectivity index (χ1n) is 5.06. The van der Waals surface area contributed by atoms with Crippen LogP contribution < -0.4 is 4.74 Å². The number of ether oxygens (including phenoxy) is 2. The third kappa shape index (κ3) is 5.23. The Balaban J connectivity index is 2.09. The van der Waals surface area contributed by atoms with Crippen molar-refractivity contribution in [2.75, 3.05) is 13.2 Å². The molecule has 2 heteroatoms. The van der Waals surface area contributed by atoms with Gasteiger partial charge in [0.2, 0.25) is 0 Å². The topological polar surface area (TPSA) is 18.5 Å². The van der Waals surface area contributed by atoms with Crippen molar-refractivity contribution in [3.63, 3.8) is 0 Å². The molecule has 0 amide bonds. The van der Waals surface area contributed by atoms with Crippen molar-refractivity contribution in [1.29, 1.82) is 0 Å². The number of hydrogen-bond acceptors (Lipinski definition) is 2. The third-order valence-corrected chi connectivity index (χ3v) is 1.88. The van der Waals surface area contributed by atoms with Gasteiger partial charge < -0.3 is 9.47 Å². The monoisotopic (exact) mass is 205 g/mol. The lowest BCUT2D eigenvalue weighted by molar-refractivity contribution is 0.0608. The van der Waals surface area contributed by atoms with Gasteiger partial charge in [-0.25, -0.2) is 0 Å². The van der Waals surface area contributed by atoms with E-state index in [2.05, 4.69) is 13.5 Å². The van der Waals surface area contributed by atoms with Crippen LogP contribution in [0.2, 0.25) is 0 Å². The molecular formula is C13H17O2. The van der Waals surface area contributed by atoms with Gasteiger partial charge >= 0.3 is 0 Å². The van der Waals surface area contributed by atoms with Gasteiger partial charge in [-0.15, -0.1) is 6.58 Å². The molecule has 0 fully saturated rings. The van der Waals surface area contributed by atoms with Gasteiger partial charge in [0.1, 0.15) is 12.4 Å². The summed E-state index contributed by atoms with van der Waals surface area (Å²) in [7, 11) is 0. The van der Waals surface area contributed by atoms with Crippen LogP contribution in [0.3, 0.4) is 0 Å². The molecule has 2 nitrogen and oxygen atoms in total. The fourth-order valence-electron chi connectivity index (χ4n) is 1.14. The van der Waals surface area contributed by atoms with E-state index in [0.717, 1.165) is 12.2 Å². The molecule has 0 aliphatic carbocycles. The second-order valence-corrected chi connectivity index (χ2v) is 3.18. The van der Waals surface area contributed by atoms with Gasteiger partial charge in [-0.2, -0.15) is 0 Å². The van der Waals surface area contributed by atoms with Crippen LogP contribution in [-0.2, 0) is 4.74 Å². The molecule has 1 rings (SSSR count). The third-order valence-electron chi connectivity index (χ3n) is 1.88. The second kappa shape index (κ2) is 7.07. The highest BCUT2D eigenvalue weighted by Crippen LogP contribution is 2.07. The largest absolute Gasteiger partial charge is 0.491 e. The highest BCUT2D eigenvalue weighted by molar-refractivity contribution is 5.20. The maximum Gasteiger partial charge on any atom is 0.119 e. The van der Waals surface area contributed by atoms with E-state index in [4.69, 9.17) is 9.47 Å². The van der Waals surface area contributed by atoms with E-state index >= 15 is 0 Å². The normalized spacial score (nSPS) is 12.1. The molecular weight excluding hydrogens is 188 g/mol. The molecule has 0 saturated heterocycles. The summed E-state index contributed by atoms with van der Waals surface area (Å²) in [6.45, 7) is 8.55. The summed E-state index contributed by atoms with van der Waals surface area (Å²) in [4.78, 5) is 0. The van der Waals surface area contributed by atoms with Crippen LogP contribution in [-0.4, -0.2) is 19.3 Å². The van der Waals surface area contributed by atoms with Gasteiger partial charge in [0.15, 0.2) is 0 Å². The first kappa shape index (κ1) is 11.8. The van der Waals surface area contributed by atoms with Gasteiger partial charge in [0.05, 0.1) is 12.7 Å². The fourth-order valence-corrected chi connectivity index (χ4v) is 1.14. The van der Waals surface area contributed by atoms with Gasteiger partial charge in [-0.1, -0.05) is 24.3 Å². The van der Waals surface area contributed by atoms with Crippen LogP contribution in [0.5, 0.6) is 5.75 Å². The van der Waals surface area contributed by atoms with Crippen LogP contribution >= 0.6 is 0 Å². The number of para-hydroxylation sites is 1. The predicted molar refractivity (Wildman–Crippen MR) is 61.8 cm³/mol. The highest BCUT2D eigenvalue weighted by atomic mass is 16.5. The van der Waals surface area contributed by atoms with Crippen molar-refractivity contribution in [3.05, 3.63) is 49.9 Å². The summed E-state index contributed by atoms with van der Waals surface area (Å²) in [5.74, 6) is 0.866. The van der Waals surface area contributed by atoms with Crippen LogP contribution in [0.1, 0.15) is 6.42 Å². The average Bonchev–Trinajstić information content (AvgIpc) is 2.26. The van der Waals surface area contributed by atoms with Crippen LogP contribution in [0.25, 0.3) is 0 Å². The lowest BCUT2D eigenvalue weighted by Crippen LogP contribution is -2.13. The van der Waals surface area contributed by atoms with E-state index in [-0.39, 0.29) is 6.10 Å². The van der Waals surface area contributed by atoms with E-state index in [0.29, 0.717) is 13.2 Å². The molecule has 0 aliphatic rings. The molecule has 1 atom stereocenters. The van der Waals surface area contributed by atoms with Crippen LogP contribution in [0.15, 0.2) is 43.0 Å². The van der Waals surface area contributed by atoms with E-state index in [1.54, 1.807) is 6.08 Å². The number of hydrogen-bond donors (Lipinski definition) is 0. The van der Waals surface area contributed by atoms with Crippen molar-refractivity contribution in [2.45, 2.75) is 12.5 Å². The molecule has 0 bridgehead atoms. The number of benzene rings is 1. The summed E-state index contributed by atoms with van der Waals surface area (Å²) in [5.41, 5.74) is 0. The standard InChI is InChI=1S/C13H17O2/c1-3-7-12(2)14-10-11-15-13-8-5-4-6-9-13/h3-6,8-9,12H,1-2,7,10-11H2. The molecule has 0 saturated carbocycles. The molecule has 1 unspecified atom stereocenters. The van der Waals surface area contributed by atoms with E-state index < -0.39 is 0 Å². The molecule has 0 heterocycles. The minimum Gasteiger partial charge on any atom is -0.491 e. The zero-order valence-electron chi connectivity index (χ0n) is 8.89. The highest BCUT2D eigenvalue weighted by Gasteiger charge is 1.98. The van der Waals surface area contributed by atoms with E-state index in [9.17, 15) is 0 Å². The van der Waals surface area contributed by atoms with E-state index in [1.807, 2.05) is 30.3 Å². The molecule has 0 aromatic heterocycles. The van der Waals surface area contributed by atoms with Gasteiger partial charge in [0, 0.05) is 0 Å². The Morgan fingerprint density at radius 3 is 2.60 bits per heavy atom. The van der Waals surface area contributed by atoms with Crippen LogP contribution in [0.4, 0.5) is 0 Å². The average molecular weight is 205 g/mol. The zero-order chi connectivity index (χ0) is 10.9. The smallest absolute Gasteiger partial charge is 0.119 e. The minimum atomic E-state index is -0.0260. The molecule has 0 aliphatic heterocycles. The molecule has 1 aromatic carbocycles. The maximum absolute atomic E-state index is 5.46. The maximum atomic E-state index is 5.46. The Morgan fingerprint density at radius 2 is 1.93 bits per heavy atom. The van der Waals surface area contributed by atoms with Crippen molar-refractivity contribution in [1.82, 2.24) is 0 Å². The summed E-state index contributed by atoms with van der Waals surface area (Å²) in [6.07, 6.45) is 2.54. The van der Waals surface area contributed by atoms with Gasteiger partial charge in [0.25, 0.3) is 0 Å². The summed E-state index contributed by atoms with van der Waals surface area (Å²) < 4.78 is 10.9. The second-order valence-electron chi connectivity index (χ2n) is 3.18. The van der Waals surface area contributed by atoms with Crippen LogP contribution in [0, 0.1) is 6.92 Å². The summed E-state index contributed by atoms with van der Waals surface area (Å²) in [5, 5.41) is 0. The zero-order valence-corrected chi connectivity index (χ0v) is 8.89. The molecule has 81 valence electrons. The molecule has 1 aromatic rings. The van der Waals surface area contributed by atoms with Crippen molar-refractivity contribution in [3.8, 4) is 5.75 Å². The quantitative estimate of drug-likeness (QED) is 0.503. The lowest BCUT2D eigenvalue weighted by atomic mass is 10.3. The van der Waals surface area contributed by atoms with Gasteiger partial charge in [-0.05, 0) is 25.5 Å². The molecule has 0 spiro atoms. The molecule has 15 heavy (non-hydrogen) atoms. The number of rotatable bonds is 7. The molecule has 1 radical (unpaired) electrons. The molecule has 0 N–H and O–H groups in total. The lowest BCUT2D eigenvalue weighted by Gasteiger charge is -2.11. The minimum absolute atomic E-state index is 0.0260. The fraction of sp³-hybridized carbons (Fsp3) is 0.308. The Morgan fingerprint density at radius 1 is 1.20 bits per heavy atom. The van der Waals surface area contributed by atoms with Crippen molar-refractivity contribution < 1.29 is 9.47 Å². The van der Waals surface area contributed by atoms with Gasteiger partial charge in [-0.3, -0.25) is 0 Å². The predicted octanol–water partition coefficient (Wildman–Crippen LogP) is 2.86.